The third-order valence-electron chi connectivity index (χ3n) is 3.01. The van der Waals surface area contributed by atoms with Crippen LogP contribution in [0.5, 0.6) is 5.75 Å². The summed E-state index contributed by atoms with van der Waals surface area (Å²) in [6.07, 6.45) is 0.931. The van der Waals surface area contributed by atoms with Crippen molar-refractivity contribution in [1.29, 1.82) is 0 Å². The Hall–Kier alpha value is -2.96. The highest BCUT2D eigenvalue weighted by Crippen LogP contribution is 2.33. The van der Waals surface area contributed by atoms with Gasteiger partial charge in [-0.1, -0.05) is 6.58 Å². The van der Waals surface area contributed by atoms with E-state index in [2.05, 4.69) is 11.3 Å². The maximum atomic E-state index is 12.1. The Morgan fingerprint density at radius 1 is 1.32 bits per heavy atom. The van der Waals surface area contributed by atoms with Gasteiger partial charge in [0.2, 0.25) is 0 Å². The lowest BCUT2D eigenvalue weighted by Gasteiger charge is -2.12. The van der Waals surface area contributed by atoms with Gasteiger partial charge in [-0.3, -0.25) is 0 Å². The van der Waals surface area contributed by atoms with Crippen molar-refractivity contribution >= 4 is 23.9 Å². The maximum absolute atomic E-state index is 12.1. The Balaban J connectivity index is 2.68. The first kappa shape index (κ1) is 15.4. The summed E-state index contributed by atoms with van der Waals surface area (Å²) >= 11 is 0. The standard InChI is InChI=1S/C15H12O7/c1-4-10(16)21-9-6-8-12(15(19)22-13(8)17)11(7(9)3)14(18)20-5-2/h4,6H,1,5H2,2-3H3. The molecule has 7 nitrogen and oxygen atoms in total. The molecule has 0 saturated carbocycles. The molecule has 0 radical (unpaired) electrons. The van der Waals surface area contributed by atoms with E-state index in [1.165, 1.54) is 13.0 Å². The average molecular weight is 304 g/mol. The molecule has 0 spiro atoms. The van der Waals surface area contributed by atoms with Gasteiger partial charge in [0.1, 0.15) is 5.75 Å². The molecule has 0 atom stereocenters. The van der Waals surface area contributed by atoms with Crippen LogP contribution >= 0.6 is 0 Å². The Morgan fingerprint density at radius 2 is 2.00 bits per heavy atom. The van der Waals surface area contributed by atoms with Gasteiger partial charge in [0.15, 0.2) is 0 Å². The highest BCUT2D eigenvalue weighted by molar-refractivity contribution is 6.19. The lowest BCUT2D eigenvalue weighted by molar-refractivity contribution is -0.129. The zero-order valence-electron chi connectivity index (χ0n) is 11.9. The molecular weight excluding hydrogens is 292 g/mol. The van der Waals surface area contributed by atoms with E-state index < -0.39 is 23.9 Å². The SMILES string of the molecule is C=CC(=O)Oc1cc2c(c(C(=O)OCC)c1C)C(=O)OC2=O. The van der Waals surface area contributed by atoms with Crippen LogP contribution in [0.15, 0.2) is 18.7 Å². The monoisotopic (exact) mass is 304 g/mol. The topological polar surface area (TPSA) is 96.0 Å². The van der Waals surface area contributed by atoms with Gasteiger partial charge in [-0.15, -0.1) is 0 Å². The predicted octanol–water partition coefficient (Wildman–Crippen LogP) is 1.57. The van der Waals surface area contributed by atoms with E-state index in [0.29, 0.717) is 0 Å². The number of esters is 4. The van der Waals surface area contributed by atoms with Crippen molar-refractivity contribution in [3.63, 3.8) is 0 Å². The van der Waals surface area contributed by atoms with Gasteiger partial charge in [-0.25, -0.2) is 19.2 Å². The second-order valence-corrected chi connectivity index (χ2v) is 4.32. The highest BCUT2D eigenvalue weighted by atomic mass is 16.6. The second-order valence-electron chi connectivity index (χ2n) is 4.32. The first-order chi connectivity index (χ1) is 10.4. The molecule has 0 aromatic heterocycles. The van der Waals surface area contributed by atoms with Crippen molar-refractivity contribution in [2.24, 2.45) is 0 Å². The fraction of sp³-hybridized carbons (Fsp3) is 0.200. The number of cyclic esters (lactones) is 2. The van der Waals surface area contributed by atoms with Crippen LogP contribution in [-0.4, -0.2) is 30.5 Å². The van der Waals surface area contributed by atoms with E-state index in [-0.39, 0.29) is 34.6 Å². The van der Waals surface area contributed by atoms with Crippen molar-refractivity contribution in [2.45, 2.75) is 13.8 Å². The summed E-state index contributed by atoms with van der Waals surface area (Å²) in [5.41, 5.74) is -0.286. The van der Waals surface area contributed by atoms with E-state index in [0.717, 1.165) is 6.08 Å². The van der Waals surface area contributed by atoms with Crippen LogP contribution in [0.3, 0.4) is 0 Å². The summed E-state index contributed by atoms with van der Waals surface area (Å²) in [4.78, 5) is 46.9. The van der Waals surface area contributed by atoms with E-state index >= 15 is 0 Å². The first-order valence-corrected chi connectivity index (χ1v) is 6.36. The zero-order valence-corrected chi connectivity index (χ0v) is 11.9. The van der Waals surface area contributed by atoms with E-state index in [1.54, 1.807) is 6.92 Å². The van der Waals surface area contributed by atoms with E-state index in [1.807, 2.05) is 0 Å². The molecule has 114 valence electrons. The molecule has 0 fully saturated rings. The van der Waals surface area contributed by atoms with E-state index in [4.69, 9.17) is 9.47 Å². The molecule has 0 unspecified atom stereocenters. The van der Waals surface area contributed by atoms with Crippen LogP contribution in [0.2, 0.25) is 0 Å². The third kappa shape index (κ3) is 2.48. The Labute approximate surface area is 125 Å². The fourth-order valence-corrected chi connectivity index (χ4v) is 2.03. The van der Waals surface area contributed by atoms with Gasteiger partial charge in [0.05, 0.1) is 23.3 Å². The number of fused-ring (bicyclic) bond motifs is 1. The van der Waals surface area contributed by atoms with Gasteiger partial charge in [-0.05, 0) is 19.9 Å². The predicted molar refractivity (Wildman–Crippen MR) is 72.7 cm³/mol. The van der Waals surface area contributed by atoms with Gasteiger partial charge in [0.25, 0.3) is 0 Å². The van der Waals surface area contributed by atoms with Crippen LogP contribution in [0.25, 0.3) is 0 Å². The summed E-state index contributed by atoms with van der Waals surface area (Å²) in [5, 5.41) is 0. The van der Waals surface area contributed by atoms with Crippen molar-refractivity contribution in [3.8, 4) is 5.75 Å². The summed E-state index contributed by atoms with van der Waals surface area (Å²) in [6, 6.07) is 1.18. The zero-order chi connectivity index (χ0) is 16.4. The highest BCUT2D eigenvalue weighted by Gasteiger charge is 2.37. The van der Waals surface area contributed by atoms with Crippen LogP contribution in [0, 0.1) is 6.92 Å². The molecule has 22 heavy (non-hydrogen) atoms. The molecule has 1 aliphatic rings. The summed E-state index contributed by atoms with van der Waals surface area (Å²) in [6.45, 7) is 6.40. The molecule has 0 saturated heterocycles. The molecule has 0 N–H and O–H groups in total. The molecular formula is C15H12O7. The number of benzene rings is 1. The molecule has 0 aliphatic carbocycles. The lowest BCUT2D eigenvalue weighted by atomic mass is 9.97. The molecule has 1 heterocycles. The minimum Gasteiger partial charge on any atom is -0.462 e. The van der Waals surface area contributed by atoms with Crippen LogP contribution in [0.1, 0.15) is 43.6 Å². The molecule has 0 amide bonds. The molecule has 1 aromatic carbocycles. The van der Waals surface area contributed by atoms with Gasteiger partial charge in [0, 0.05) is 11.6 Å². The summed E-state index contributed by atoms with van der Waals surface area (Å²) < 4.78 is 14.4. The number of hydrogen-bond acceptors (Lipinski definition) is 7. The average Bonchev–Trinajstić information content (AvgIpc) is 2.74. The Bertz CT molecular complexity index is 715. The molecule has 1 aliphatic heterocycles. The number of ether oxygens (including phenoxy) is 3. The first-order valence-electron chi connectivity index (χ1n) is 6.36. The second kappa shape index (κ2) is 5.80. The Kier molecular flexibility index (Phi) is 4.07. The minimum atomic E-state index is -0.937. The largest absolute Gasteiger partial charge is 0.462 e. The van der Waals surface area contributed by atoms with Crippen molar-refractivity contribution in [3.05, 3.63) is 41.0 Å². The Morgan fingerprint density at radius 3 is 2.59 bits per heavy atom. The van der Waals surface area contributed by atoms with Crippen LogP contribution in [0.4, 0.5) is 0 Å². The lowest BCUT2D eigenvalue weighted by Crippen LogP contribution is -2.15. The summed E-state index contributed by atoms with van der Waals surface area (Å²) in [5.74, 6) is -3.47. The normalized spacial score (nSPS) is 12.5. The number of rotatable bonds is 4. The summed E-state index contributed by atoms with van der Waals surface area (Å²) in [7, 11) is 0. The van der Waals surface area contributed by atoms with Gasteiger partial charge >= 0.3 is 23.9 Å². The number of hydrogen-bond donors (Lipinski definition) is 0. The van der Waals surface area contributed by atoms with Gasteiger partial charge in [-0.2, -0.15) is 0 Å². The molecule has 7 heteroatoms. The van der Waals surface area contributed by atoms with Crippen LogP contribution in [-0.2, 0) is 14.3 Å². The van der Waals surface area contributed by atoms with E-state index in [9.17, 15) is 19.2 Å². The number of carbonyl (C=O) groups is 4. The van der Waals surface area contributed by atoms with Crippen molar-refractivity contribution in [1.82, 2.24) is 0 Å². The van der Waals surface area contributed by atoms with Crippen LogP contribution < -0.4 is 4.74 Å². The smallest absolute Gasteiger partial charge is 0.347 e. The quantitative estimate of drug-likeness (QED) is 0.360. The molecule has 2 rings (SSSR count). The molecule has 0 bridgehead atoms. The third-order valence-corrected chi connectivity index (χ3v) is 3.01. The fourth-order valence-electron chi connectivity index (χ4n) is 2.03. The minimum absolute atomic E-state index is 0.0432. The number of carbonyl (C=O) groups excluding carboxylic acids is 4. The van der Waals surface area contributed by atoms with Crippen molar-refractivity contribution < 1.29 is 33.4 Å². The van der Waals surface area contributed by atoms with Gasteiger partial charge < -0.3 is 14.2 Å². The maximum Gasteiger partial charge on any atom is 0.347 e. The molecule has 1 aromatic rings. The van der Waals surface area contributed by atoms with Crippen molar-refractivity contribution in [2.75, 3.05) is 6.61 Å².